The van der Waals surface area contributed by atoms with Gasteiger partial charge in [0.2, 0.25) is 0 Å². The number of carboxylic acids is 1. The predicted octanol–water partition coefficient (Wildman–Crippen LogP) is -6.63. The van der Waals surface area contributed by atoms with E-state index in [0.717, 1.165) is 0 Å². The van der Waals surface area contributed by atoms with Crippen LogP contribution in [0.15, 0.2) is 0 Å². The number of aliphatic carboxylic acids is 1. The average molecular weight is 264 g/mol. The van der Waals surface area contributed by atoms with Crippen molar-refractivity contribution in [2.45, 2.75) is 36.9 Å². The van der Waals surface area contributed by atoms with Gasteiger partial charge in [0, 0.05) is 0 Å². The fourth-order valence-electron chi connectivity index (χ4n) is 1.06. The van der Waals surface area contributed by atoms with E-state index < -0.39 is 49.5 Å². The number of carbonyl (C=O) groups is 1. The third kappa shape index (κ3) is 6.65. The number of hydrogen-bond donors (Lipinski definition) is 7. The molecule has 0 radical (unpaired) electrons. The van der Waals surface area contributed by atoms with Crippen LogP contribution >= 0.6 is 0 Å². The SMILES string of the molecule is O=C(O)CC(O)[C@H](O)[C@@H](O)[C@H](O)[C@H](O)CO.[H-].[Na+]. The molecule has 0 aromatic heterocycles. The quantitative estimate of drug-likeness (QED) is 0.223. The summed E-state index contributed by atoms with van der Waals surface area (Å²) in [5.74, 6) is -1.39. The van der Waals surface area contributed by atoms with Crippen molar-refractivity contribution < 1.29 is 71.5 Å². The summed E-state index contributed by atoms with van der Waals surface area (Å²) in [5, 5.41) is 62.5. The summed E-state index contributed by atoms with van der Waals surface area (Å²) in [7, 11) is 0. The van der Waals surface area contributed by atoms with E-state index >= 15 is 0 Å². The Labute approximate surface area is 121 Å². The Hall–Kier alpha value is 0.230. The monoisotopic (exact) mass is 264 g/mol. The first kappa shape index (κ1) is 19.6. The molecule has 0 aromatic carbocycles. The predicted molar refractivity (Wildman–Crippen MR) is 50.5 cm³/mol. The molecule has 8 nitrogen and oxygen atoms in total. The summed E-state index contributed by atoms with van der Waals surface area (Å²) >= 11 is 0. The Morgan fingerprint density at radius 3 is 1.71 bits per heavy atom. The third-order valence-electron chi connectivity index (χ3n) is 2.06. The number of carboxylic acid groups (broad SMARTS) is 1. The maximum Gasteiger partial charge on any atom is 1.00 e. The molecule has 0 saturated heterocycles. The van der Waals surface area contributed by atoms with Gasteiger partial charge < -0.3 is 37.2 Å². The Bertz CT molecular complexity index is 231. The van der Waals surface area contributed by atoms with E-state index in [-0.39, 0.29) is 31.0 Å². The van der Waals surface area contributed by atoms with Gasteiger partial charge in [0.05, 0.1) is 19.1 Å². The van der Waals surface area contributed by atoms with Crippen LogP contribution in [-0.2, 0) is 4.79 Å². The number of aliphatic hydroxyl groups excluding tert-OH is 6. The summed E-state index contributed by atoms with van der Waals surface area (Å²) in [6, 6.07) is 0. The molecule has 0 bridgehead atoms. The van der Waals surface area contributed by atoms with Gasteiger partial charge in [-0.1, -0.05) is 0 Å². The van der Waals surface area contributed by atoms with E-state index in [4.69, 9.17) is 25.5 Å². The van der Waals surface area contributed by atoms with E-state index in [0.29, 0.717) is 0 Å². The molecule has 9 heteroatoms. The maximum atomic E-state index is 10.2. The molecule has 5 atom stereocenters. The van der Waals surface area contributed by atoms with Crippen LogP contribution < -0.4 is 29.6 Å². The van der Waals surface area contributed by atoms with E-state index in [9.17, 15) is 15.0 Å². The van der Waals surface area contributed by atoms with Crippen LogP contribution in [0.25, 0.3) is 0 Å². The van der Waals surface area contributed by atoms with Gasteiger partial charge in [0.1, 0.15) is 24.4 Å². The van der Waals surface area contributed by atoms with Crippen molar-refractivity contribution >= 4 is 5.97 Å². The molecule has 7 N–H and O–H groups in total. The van der Waals surface area contributed by atoms with Crippen LogP contribution in [0.3, 0.4) is 0 Å². The normalized spacial score (nSPS) is 19.6. The largest absolute Gasteiger partial charge is 1.00 e. The summed E-state index contributed by atoms with van der Waals surface area (Å²) in [4.78, 5) is 10.2. The van der Waals surface area contributed by atoms with Crippen LogP contribution in [0.1, 0.15) is 7.85 Å². The molecule has 0 spiro atoms. The van der Waals surface area contributed by atoms with Gasteiger partial charge in [-0.3, -0.25) is 4.79 Å². The van der Waals surface area contributed by atoms with Crippen molar-refractivity contribution in [3.05, 3.63) is 0 Å². The molecule has 98 valence electrons. The van der Waals surface area contributed by atoms with E-state index in [1.54, 1.807) is 0 Å². The molecule has 0 saturated carbocycles. The number of rotatable bonds is 7. The molecular weight excluding hydrogens is 247 g/mol. The topological polar surface area (TPSA) is 159 Å². The standard InChI is InChI=1S/C8H16O8.Na.H/c9-2-4(11)7(15)8(16)6(14)3(10)1-5(12)13;;/h3-4,6-11,14-16H,1-2H2,(H,12,13);;/q;+1;-1/t3?,4-,6+,7-,8-;;/m1../s1. The molecule has 0 aliphatic heterocycles. The molecule has 0 rings (SSSR count). The van der Waals surface area contributed by atoms with Crippen molar-refractivity contribution in [1.82, 2.24) is 0 Å². The second-order valence-corrected chi connectivity index (χ2v) is 3.39. The Morgan fingerprint density at radius 1 is 0.941 bits per heavy atom. The fraction of sp³-hybridized carbons (Fsp3) is 0.875. The number of hydrogen-bond acceptors (Lipinski definition) is 7. The Morgan fingerprint density at radius 2 is 1.35 bits per heavy atom. The van der Waals surface area contributed by atoms with Crippen LogP contribution in [0.4, 0.5) is 0 Å². The van der Waals surface area contributed by atoms with E-state index in [1.807, 2.05) is 0 Å². The van der Waals surface area contributed by atoms with E-state index in [2.05, 4.69) is 0 Å². The minimum absolute atomic E-state index is 0. The van der Waals surface area contributed by atoms with Crippen molar-refractivity contribution in [3.8, 4) is 0 Å². The van der Waals surface area contributed by atoms with Gasteiger partial charge >= 0.3 is 35.5 Å². The maximum absolute atomic E-state index is 10.2. The summed E-state index contributed by atoms with van der Waals surface area (Å²) in [6.07, 6.45) is -10.1. The molecule has 0 aliphatic carbocycles. The Kier molecular flexibility index (Phi) is 10.6. The van der Waals surface area contributed by atoms with Crippen molar-refractivity contribution in [3.63, 3.8) is 0 Å². The van der Waals surface area contributed by atoms with Crippen LogP contribution in [0.2, 0.25) is 0 Å². The van der Waals surface area contributed by atoms with Crippen molar-refractivity contribution in [2.24, 2.45) is 0 Å². The van der Waals surface area contributed by atoms with Gasteiger partial charge in [-0.2, -0.15) is 0 Å². The zero-order valence-electron chi connectivity index (χ0n) is 10.3. The van der Waals surface area contributed by atoms with E-state index in [1.165, 1.54) is 0 Å². The minimum Gasteiger partial charge on any atom is -1.00 e. The van der Waals surface area contributed by atoms with Crippen LogP contribution in [-0.4, -0.2) is 78.8 Å². The molecule has 0 aliphatic rings. The second-order valence-electron chi connectivity index (χ2n) is 3.39. The fourth-order valence-corrected chi connectivity index (χ4v) is 1.06. The van der Waals surface area contributed by atoms with Gasteiger partial charge in [0.15, 0.2) is 0 Å². The summed E-state index contributed by atoms with van der Waals surface area (Å²) in [5.41, 5.74) is 0. The minimum atomic E-state index is -1.96. The first-order valence-electron chi connectivity index (χ1n) is 4.54. The molecule has 0 heterocycles. The van der Waals surface area contributed by atoms with Crippen LogP contribution in [0, 0.1) is 0 Å². The molecule has 17 heavy (non-hydrogen) atoms. The molecule has 0 aromatic rings. The van der Waals surface area contributed by atoms with Gasteiger partial charge in [-0.15, -0.1) is 0 Å². The summed E-state index contributed by atoms with van der Waals surface area (Å²) < 4.78 is 0. The number of aliphatic hydroxyl groups is 6. The molecular formula is C8H17NaO8. The average Bonchev–Trinajstić information content (AvgIpc) is 2.23. The first-order valence-corrected chi connectivity index (χ1v) is 4.54. The first-order chi connectivity index (χ1) is 7.31. The van der Waals surface area contributed by atoms with Crippen molar-refractivity contribution in [2.75, 3.05) is 6.61 Å². The second kappa shape index (κ2) is 9.20. The third-order valence-corrected chi connectivity index (χ3v) is 2.06. The van der Waals surface area contributed by atoms with Gasteiger partial charge in [-0.05, 0) is 0 Å². The van der Waals surface area contributed by atoms with Gasteiger partial charge in [0.25, 0.3) is 0 Å². The molecule has 0 fully saturated rings. The van der Waals surface area contributed by atoms with Crippen molar-refractivity contribution in [1.29, 1.82) is 0 Å². The zero-order valence-corrected chi connectivity index (χ0v) is 11.3. The Balaban J connectivity index is -0.00000112. The molecule has 0 amide bonds. The van der Waals surface area contributed by atoms with Gasteiger partial charge in [-0.25, -0.2) is 0 Å². The smallest absolute Gasteiger partial charge is 1.00 e. The van der Waals surface area contributed by atoms with Crippen LogP contribution in [0.5, 0.6) is 0 Å². The molecule has 1 unspecified atom stereocenters. The summed E-state index contributed by atoms with van der Waals surface area (Å²) in [6.45, 7) is -0.847. The zero-order chi connectivity index (χ0) is 12.9.